The number of anilines is 2. The number of esters is 1. The summed E-state index contributed by atoms with van der Waals surface area (Å²) in [5, 5.41) is 1.82. The number of halogens is 1. The van der Waals surface area contributed by atoms with Crippen molar-refractivity contribution < 1.29 is 37.3 Å². The molecule has 1 atom stereocenters. The SMILES string of the molecule is CC(=O)Oc1cc2c(c3c(C)c[nH]c13)CCN2C(=O)C12CC(C(=O)N3CC(CCl)c4c3cc(OP(=O)(OCc3ccccc3)OCc3ccccc3)c3[nH]cc(C)c43)(C1)C2. The zero-order valence-corrected chi connectivity index (χ0v) is 35.2. The van der Waals surface area contributed by atoms with Crippen LogP contribution in [0.1, 0.15) is 65.5 Å². The lowest BCUT2D eigenvalue weighted by Gasteiger charge is -2.69. The number of aryl methyl sites for hydroxylation is 2. The molecule has 4 heterocycles. The van der Waals surface area contributed by atoms with E-state index in [0.29, 0.717) is 55.7 Å². The van der Waals surface area contributed by atoms with Gasteiger partial charge in [0.15, 0.2) is 11.5 Å². The topological polar surface area (TPSA) is 143 Å². The van der Waals surface area contributed by atoms with Crippen LogP contribution in [0.3, 0.4) is 0 Å². The Morgan fingerprint density at radius 1 is 0.783 bits per heavy atom. The summed E-state index contributed by atoms with van der Waals surface area (Å²) >= 11 is 6.65. The molecule has 2 aromatic heterocycles. The van der Waals surface area contributed by atoms with Crippen LogP contribution in [0.5, 0.6) is 11.5 Å². The van der Waals surface area contributed by atoms with Gasteiger partial charge in [-0.25, -0.2) is 4.57 Å². The zero-order chi connectivity index (χ0) is 41.6. The van der Waals surface area contributed by atoms with E-state index in [1.54, 1.807) is 17.0 Å². The molecule has 2 amide bonds. The number of aromatic amines is 2. The molecule has 2 aliphatic heterocycles. The molecule has 0 radical (unpaired) electrons. The normalized spacial score (nSPS) is 21.4. The Bertz CT molecular complexity index is 2720. The van der Waals surface area contributed by atoms with E-state index in [4.69, 9.17) is 29.9 Å². The maximum atomic E-state index is 14.8. The van der Waals surface area contributed by atoms with E-state index in [-0.39, 0.29) is 42.6 Å². The number of nitrogens with zero attached hydrogens (tertiary/aromatic N) is 2. The molecule has 3 saturated carbocycles. The highest BCUT2D eigenvalue weighted by molar-refractivity contribution is 7.48. The van der Waals surface area contributed by atoms with Crippen LogP contribution in [0.25, 0.3) is 21.8 Å². The van der Waals surface area contributed by atoms with Crippen molar-refractivity contribution in [2.24, 2.45) is 10.8 Å². The third-order valence-corrected chi connectivity index (χ3v) is 14.5. The summed E-state index contributed by atoms with van der Waals surface area (Å²) in [6.07, 6.45) is 5.74. The standard InChI is InChI=1S/C46H44ClN4O8P/c1-27-19-48-41-36(58-29(3)52)16-34-33(38(27)41)14-15-50(34)43(53)45-24-46(25-45,26-45)44(54)51-21-32(18-47)40-35(51)17-37(42-39(40)28(2)20-49-42)59-60(55,56-22-30-10-6-4-7-11-30)57-23-31-12-8-5-9-13-31/h4-13,16-17,19-20,32,48-49H,14-15,18,21-26H2,1-3H3. The Morgan fingerprint density at radius 3 is 1.92 bits per heavy atom. The van der Waals surface area contributed by atoms with Gasteiger partial charge < -0.3 is 29.0 Å². The molecule has 0 spiro atoms. The zero-order valence-electron chi connectivity index (χ0n) is 33.5. The van der Waals surface area contributed by atoms with Crippen molar-refractivity contribution in [2.45, 2.75) is 65.6 Å². The van der Waals surface area contributed by atoms with E-state index in [0.717, 1.165) is 55.4 Å². The number of aromatic nitrogens is 2. The molecule has 5 aliphatic rings. The first-order valence-electron chi connectivity index (χ1n) is 20.2. The maximum Gasteiger partial charge on any atom is 0.530 e. The summed E-state index contributed by atoms with van der Waals surface area (Å²) in [6.45, 7) is 6.18. The number of alkyl halides is 1. The van der Waals surface area contributed by atoms with E-state index < -0.39 is 24.6 Å². The third-order valence-electron chi connectivity index (χ3n) is 12.9. The Kier molecular flexibility index (Phi) is 9.29. The van der Waals surface area contributed by atoms with Crippen LogP contribution in [-0.4, -0.2) is 46.7 Å². The minimum atomic E-state index is -4.27. The number of H-pyrrole nitrogens is 2. The van der Waals surface area contributed by atoms with Crippen LogP contribution < -0.4 is 19.1 Å². The predicted molar refractivity (Wildman–Crippen MR) is 229 cm³/mol. The summed E-state index contributed by atoms with van der Waals surface area (Å²) in [6, 6.07) is 22.3. The van der Waals surface area contributed by atoms with Crippen molar-refractivity contribution >= 4 is 70.4 Å². The number of hydrogen-bond donors (Lipinski definition) is 2. The van der Waals surface area contributed by atoms with Crippen LogP contribution in [0.2, 0.25) is 0 Å². The number of fused-ring (bicyclic) bond motifs is 6. The Balaban J connectivity index is 0.934. The van der Waals surface area contributed by atoms with Crippen molar-refractivity contribution in [2.75, 3.05) is 28.8 Å². The summed E-state index contributed by atoms with van der Waals surface area (Å²) < 4.78 is 38.6. The lowest BCUT2D eigenvalue weighted by molar-refractivity contribution is -0.204. The molecule has 14 heteroatoms. The fourth-order valence-corrected chi connectivity index (χ4v) is 11.6. The average Bonchev–Trinajstić information content (AvgIpc) is 4.00. The summed E-state index contributed by atoms with van der Waals surface area (Å²) in [7, 11) is -4.27. The first kappa shape index (κ1) is 38.8. The van der Waals surface area contributed by atoms with Crippen molar-refractivity contribution in [3.05, 3.63) is 119 Å². The van der Waals surface area contributed by atoms with Gasteiger partial charge in [-0.15, -0.1) is 11.6 Å². The van der Waals surface area contributed by atoms with Gasteiger partial charge in [0.1, 0.15) is 0 Å². The van der Waals surface area contributed by atoms with Gasteiger partial charge in [0.05, 0.1) is 46.5 Å². The van der Waals surface area contributed by atoms with Gasteiger partial charge >= 0.3 is 13.8 Å². The first-order chi connectivity index (χ1) is 28.9. The van der Waals surface area contributed by atoms with Gasteiger partial charge in [0.2, 0.25) is 11.8 Å². The van der Waals surface area contributed by atoms with Crippen molar-refractivity contribution in [3.8, 4) is 11.5 Å². The number of ether oxygens (including phenoxy) is 1. The van der Waals surface area contributed by atoms with Gasteiger partial charge in [-0.1, -0.05) is 60.7 Å². The lowest BCUT2D eigenvalue weighted by Crippen LogP contribution is -2.72. The number of phosphoric ester groups is 1. The monoisotopic (exact) mass is 846 g/mol. The number of benzene rings is 4. The molecule has 308 valence electrons. The second-order valence-electron chi connectivity index (χ2n) is 16.8. The number of carbonyl (C=O) groups is 3. The van der Waals surface area contributed by atoms with Crippen LogP contribution in [0.15, 0.2) is 85.2 Å². The molecular weight excluding hydrogens is 803 g/mol. The molecule has 2 N–H and O–H groups in total. The van der Waals surface area contributed by atoms with Crippen molar-refractivity contribution in [1.29, 1.82) is 0 Å². The molecular formula is C46H44ClN4O8P. The minimum absolute atomic E-state index is 0.000189. The van der Waals surface area contributed by atoms with E-state index in [2.05, 4.69) is 9.97 Å². The fraction of sp³-hybridized carbons (Fsp3) is 0.326. The van der Waals surface area contributed by atoms with Gasteiger partial charge in [-0.05, 0) is 72.9 Å². The van der Waals surface area contributed by atoms with E-state index >= 15 is 0 Å². The molecule has 6 aromatic rings. The second-order valence-corrected chi connectivity index (χ2v) is 18.7. The smallest absolute Gasteiger partial charge is 0.424 e. The van der Waals surface area contributed by atoms with E-state index in [1.807, 2.05) is 91.8 Å². The minimum Gasteiger partial charge on any atom is -0.424 e. The number of phosphoric acid groups is 1. The van der Waals surface area contributed by atoms with Crippen LogP contribution >= 0.6 is 19.4 Å². The number of hydrogen-bond acceptors (Lipinski definition) is 8. The molecule has 1 unspecified atom stereocenters. The number of rotatable bonds is 12. The molecule has 12 nitrogen and oxygen atoms in total. The quantitative estimate of drug-likeness (QED) is 0.0537. The molecule has 4 aromatic carbocycles. The van der Waals surface area contributed by atoms with Crippen LogP contribution in [-0.2, 0) is 47.6 Å². The van der Waals surface area contributed by atoms with Crippen LogP contribution in [0, 0.1) is 24.7 Å². The Labute approximate surface area is 351 Å². The van der Waals surface area contributed by atoms with Crippen LogP contribution in [0.4, 0.5) is 11.4 Å². The highest BCUT2D eigenvalue weighted by Crippen LogP contribution is 2.75. The Hall–Kier alpha value is -5.39. The largest absolute Gasteiger partial charge is 0.530 e. The van der Waals surface area contributed by atoms with Gasteiger partial charge in [-0.3, -0.25) is 23.4 Å². The van der Waals surface area contributed by atoms with Gasteiger partial charge in [0, 0.05) is 67.1 Å². The second kappa shape index (κ2) is 14.4. The maximum absolute atomic E-state index is 14.8. The lowest BCUT2D eigenvalue weighted by atomic mass is 9.34. The van der Waals surface area contributed by atoms with Crippen molar-refractivity contribution in [1.82, 2.24) is 9.97 Å². The molecule has 11 rings (SSSR count). The van der Waals surface area contributed by atoms with E-state index in [1.165, 1.54) is 6.92 Å². The molecule has 3 aliphatic carbocycles. The molecule has 60 heavy (non-hydrogen) atoms. The van der Waals surface area contributed by atoms with Gasteiger partial charge in [0.25, 0.3) is 0 Å². The van der Waals surface area contributed by atoms with E-state index in [9.17, 15) is 18.9 Å². The molecule has 0 saturated heterocycles. The molecule has 2 bridgehead atoms. The van der Waals surface area contributed by atoms with Gasteiger partial charge in [-0.2, -0.15) is 0 Å². The highest BCUT2D eigenvalue weighted by atomic mass is 35.5. The average molecular weight is 847 g/mol. The Morgan fingerprint density at radius 2 is 1.33 bits per heavy atom. The fourth-order valence-electron chi connectivity index (χ4n) is 10.2. The third kappa shape index (κ3) is 6.18. The number of amides is 2. The first-order valence-corrected chi connectivity index (χ1v) is 22.2. The van der Waals surface area contributed by atoms with Crippen molar-refractivity contribution in [3.63, 3.8) is 0 Å². The highest BCUT2D eigenvalue weighted by Gasteiger charge is 2.76. The molecule has 3 fully saturated rings. The number of carbonyl (C=O) groups excluding carboxylic acids is 3. The summed E-state index contributed by atoms with van der Waals surface area (Å²) in [5.74, 6) is 0.237. The summed E-state index contributed by atoms with van der Waals surface area (Å²) in [4.78, 5) is 51.5. The summed E-state index contributed by atoms with van der Waals surface area (Å²) in [5.41, 5.74) is 6.90. The predicted octanol–water partition coefficient (Wildman–Crippen LogP) is 9.54. The number of nitrogens with one attached hydrogen (secondary N) is 2.